The maximum Gasteiger partial charge on any atom is 0.244 e. The fourth-order valence-corrected chi connectivity index (χ4v) is 2.50. The van der Waals surface area contributed by atoms with E-state index in [-0.39, 0.29) is 0 Å². The predicted octanol–water partition coefficient (Wildman–Crippen LogP) is 4.06. The topological polar surface area (TPSA) is 62.7 Å². The van der Waals surface area contributed by atoms with E-state index in [0.717, 1.165) is 10.6 Å². The molecule has 0 aliphatic rings. The number of anilines is 2. The maximum absolute atomic E-state index is 6.15. The van der Waals surface area contributed by atoms with E-state index in [1.807, 2.05) is 30.3 Å². The summed E-state index contributed by atoms with van der Waals surface area (Å²) in [5.74, 6) is 1.14. The lowest BCUT2D eigenvalue weighted by Gasteiger charge is -2.09. The molecule has 3 aromatic rings. The Morgan fingerprint density at radius 1 is 1.00 bits per heavy atom. The van der Waals surface area contributed by atoms with Crippen LogP contribution in [0, 0.1) is 6.92 Å². The summed E-state index contributed by atoms with van der Waals surface area (Å²) in [6.07, 6.45) is 1.59. The fourth-order valence-electron chi connectivity index (χ4n) is 2.29. The summed E-state index contributed by atoms with van der Waals surface area (Å²) >= 11 is 6.15. The summed E-state index contributed by atoms with van der Waals surface area (Å²) in [4.78, 5) is 4.42. The molecule has 122 valence electrons. The normalized spacial score (nSPS) is 10.4. The van der Waals surface area contributed by atoms with Gasteiger partial charge in [-0.25, -0.2) is 0 Å². The molecule has 0 bridgehead atoms. The van der Waals surface area contributed by atoms with Crippen LogP contribution in [0.15, 0.2) is 54.7 Å². The van der Waals surface area contributed by atoms with Crippen LogP contribution in [-0.4, -0.2) is 15.2 Å². The Labute approximate surface area is 146 Å². The Balaban J connectivity index is 1.60. The molecule has 1 aromatic heterocycles. The number of rotatable bonds is 6. The van der Waals surface area contributed by atoms with Crippen molar-refractivity contribution in [2.45, 2.75) is 20.0 Å². The molecule has 0 atom stereocenters. The number of aromatic nitrogens is 3. The average molecular weight is 340 g/mol. The molecular weight excluding hydrogens is 322 g/mol. The largest absolute Gasteiger partial charge is 0.364 e. The zero-order valence-electron chi connectivity index (χ0n) is 13.3. The number of hydrogen-bond acceptors (Lipinski definition) is 5. The molecule has 0 aliphatic heterocycles. The first kappa shape index (κ1) is 16.2. The molecule has 24 heavy (non-hydrogen) atoms. The maximum atomic E-state index is 6.15. The molecule has 0 fully saturated rings. The Hall–Kier alpha value is -2.66. The van der Waals surface area contributed by atoms with Crippen molar-refractivity contribution < 1.29 is 0 Å². The van der Waals surface area contributed by atoms with Gasteiger partial charge in [-0.15, -0.1) is 5.10 Å². The summed E-state index contributed by atoms with van der Waals surface area (Å²) in [6.45, 7) is 3.30. The third-order valence-corrected chi connectivity index (χ3v) is 3.88. The molecule has 3 rings (SSSR count). The van der Waals surface area contributed by atoms with Gasteiger partial charge >= 0.3 is 0 Å². The summed E-state index contributed by atoms with van der Waals surface area (Å²) < 4.78 is 0. The van der Waals surface area contributed by atoms with Crippen LogP contribution in [0.25, 0.3) is 0 Å². The SMILES string of the molecule is Cc1cccc(CNc2nncc(NCc3ccccc3Cl)n2)c1. The first-order chi connectivity index (χ1) is 11.7. The summed E-state index contributed by atoms with van der Waals surface area (Å²) in [5.41, 5.74) is 3.41. The minimum atomic E-state index is 0.487. The van der Waals surface area contributed by atoms with E-state index in [4.69, 9.17) is 11.6 Å². The van der Waals surface area contributed by atoms with Crippen LogP contribution in [-0.2, 0) is 13.1 Å². The van der Waals surface area contributed by atoms with Gasteiger partial charge in [0, 0.05) is 18.1 Å². The van der Waals surface area contributed by atoms with Gasteiger partial charge in [0.1, 0.15) is 0 Å². The minimum absolute atomic E-state index is 0.487. The van der Waals surface area contributed by atoms with Gasteiger partial charge in [-0.1, -0.05) is 59.6 Å². The fraction of sp³-hybridized carbons (Fsp3) is 0.167. The van der Waals surface area contributed by atoms with Gasteiger partial charge in [0.2, 0.25) is 5.95 Å². The lowest BCUT2D eigenvalue weighted by molar-refractivity contribution is 0.937. The second kappa shape index (κ2) is 7.75. The van der Waals surface area contributed by atoms with Gasteiger partial charge in [0.05, 0.1) is 6.20 Å². The summed E-state index contributed by atoms with van der Waals surface area (Å²) in [7, 11) is 0. The van der Waals surface area contributed by atoms with E-state index in [1.54, 1.807) is 6.20 Å². The van der Waals surface area contributed by atoms with Crippen LogP contribution in [0.1, 0.15) is 16.7 Å². The highest BCUT2D eigenvalue weighted by Crippen LogP contribution is 2.16. The van der Waals surface area contributed by atoms with Crippen LogP contribution >= 0.6 is 11.6 Å². The molecule has 2 aromatic carbocycles. The lowest BCUT2D eigenvalue weighted by Crippen LogP contribution is -2.08. The number of aryl methyl sites for hydroxylation is 1. The molecule has 6 heteroatoms. The predicted molar refractivity (Wildman–Crippen MR) is 97.1 cm³/mol. The standard InChI is InChI=1S/C18H18ClN5/c1-13-5-4-6-14(9-13)10-21-18-23-17(12-22-24-18)20-11-15-7-2-3-8-16(15)19/h2-9,12H,10-11H2,1H3,(H2,20,21,23,24). The summed E-state index contributed by atoms with van der Waals surface area (Å²) in [5, 5.41) is 15.1. The van der Waals surface area contributed by atoms with Gasteiger partial charge in [-0.2, -0.15) is 10.1 Å². The zero-order valence-corrected chi connectivity index (χ0v) is 14.1. The number of hydrogen-bond donors (Lipinski definition) is 2. The third-order valence-electron chi connectivity index (χ3n) is 3.51. The minimum Gasteiger partial charge on any atom is -0.364 e. The van der Waals surface area contributed by atoms with Crippen molar-refractivity contribution in [3.05, 3.63) is 76.4 Å². The Morgan fingerprint density at radius 2 is 1.88 bits per heavy atom. The van der Waals surface area contributed by atoms with Crippen molar-refractivity contribution in [2.24, 2.45) is 0 Å². The first-order valence-electron chi connectivity index (χ1n) is 7.67. The average Bonchev–Trinajstić information content (AvgIpc) is 2.60. The first-order valence-corrected chi connectivity index (χ1v) is 8.05. The van der Waals surface area contributed by atoms with E-state index in [9.17, 15) is 0 Å². The van der Waals surface area contributed by atoms with Crippen molar-refractivity contribution in [3.8, 4) is 0 Å². The zero-order chi connectivity index (χ0) is 16.8. The molecule has 0 spiro atoms. The van der Waals surface area contributed by atoms with Crippen LogP contribution in [0.3, 0.4) is 0 Å². The van der Waals surface area contributed by atoms with Crippen molar-refractivity contribution in [2.75, 3.05) is 10.6 Å². The van der Waals surface area contributed by atoms with Crippen LogP contribution < -0.4 is 10.6 Å². The van der Waals surface area contributed by atoms with Crippen LogP contribution in [0.2, 0.25) is 5.02 Å². The third kappa shape index (κ3) is 4.43. The van der Waals surface area contributed by atoms with Gasteiger partial charge in [-0.3, -0.25) is 0 Å². The Bertz CT molecular complexity index is 822. The smallest absolute Gasteiger partial charge is 0.244 e. The molecule has 1 heterocycles. The second-order valence-electron chi connectivity index (χ2n) is 5.45. The molecular formula is C18H18ClN5. The molecule has 0 saturated heterocycles. The molecule has 0 aliphatic carbocycles. The quantitative estimate of drug-likeness (QED) is 0.709. The monoisotopic (exact) mass is 339 g/mol. The van der Waals surface area contributed by atoms with E-state index < -0.39 is 0 Å². The Morgan fingerprint density at radius 3 is 2.71 bits per heavy atom. The number of halogens is 1. The highest BCUT2D eigenvalue weighted by atomic mass is 35.5. The Kier molecular flexibility index (Phi) is 5.23. The molecule has 0 radical (unpaired) electrons. The molecule has 5 nitrogen and oxygen atoms in total. The highest BCUT2D eigenvalue weighted by molar-refractivity contribution is 6.31. The van der Waals surface area contributed by atoms with Crippen molar-refractivity contribution in [1.82, 2.24) is 15.2 Å². The number of nitrogens with one attached hydrogen (secondary N) is 2. The van der Waals surface area contributed by atoms with Crippen molar-refractivity contribution >= 4 is 23.4 Å². The van der Waals surface area contributed by atoms with Crippen LogP contribution in [0.5, 0.6) is 0 Å². The van der Waals surface area contributed by atoms with Gasteiger partial charge in [0.15, 0.2) is 5.82 Å². The highest BCUT2D eigenvalue weighted by Gasteiger charge is 2.03. The number of benzene rings is 2. The number of nitrogens with zero attached hydrogens (tertiary/aromatic N) is 3. The van der Waals surface area contributed by atoms with E-state index in [0.29, 0.717) is 24.9 Å². The van der Waals surface area contributed by atoms with E-state index in [2.05, 4.69) is 50.9 Å². The molecule has 0 amide bonds. The van der Waals surface area contributed by atoms with E-state index in [1.165, 1.54) is 11.1 Å². The molecule has 0 saturated carbocycles. The van der Waals surface area contributed by atoms with Gasteiger partial charge < -0.3 is 10.6 Å². The lowest BCUT2D eigenvalue weighted by atomic mass is 10.1. The molecule has 0 unspecified atom stereocenters. The van der Waals surface area contributed by atoms with Gasteiger partial charge in [-0.05, 0) is 24.1 Å². The van der Waals surface area contributed by atoms with Crippen molar-refractivity contribution in [3.63, 3.8) is 0 Å². The second-order valence-corrected chi connectivity index (χ2v) is 5.86. The van der Waals surface area contributed by atoms with Crippen molar-refractivity contribution in [1.29, 1.82) is 0 Å². The van der Waals surface area contributed by atoms with Crippen LogP contribution in [0.4, 0.5) is 11.8 Å². The van der Waals surface area contributed by atoms with Gasteiger partial charge in [0.25, 0.3) is 0 Å². The van der Waals surface area contributed by atoms with E-state index >= 15 is 0 Å². The summed E-state index contributed by atoms with van der Waals surface area (Å²) in [6, 6.07) is 16.0. The molecule has 2 N–H and O–H groups in total.